The third-order valence-corrected chi connectivity index (χ3v) is 1.60. The van der Waals surface area contributed by atoms with Crippen molar-refractivity contribution in [2.75, 3.05) is 0 Å². The molecular weight excluding hydrogens is 234 g/mol. The van der Waals surface area contributed by atoms with Crippen molar-refractivity contribution in [3.63, 3.8) is 0 Å². The van der Waals surface area contributed by atoms with Crippen LogP contribution in [0.25, 0.3) is 0 Å². The van der Waals surface area contributed by atoms with Gasteiger partial charge in [-0.15, -0.1) is 0 Å². The molecule has 0 aliphatic carbocycles. The van der Waals surface area contributed by atoms with Gasteiger partial charge in [-0.05, 0) is 0 Å². The molecule has 1 aromatic heterocycles. The van der Waals surface area contributed by atoms with Crippen molar-refractivity contribution in [3.8, 4) is 0 Å². The summed E-state index contributed by atoms with van der Waals surface area (Å²) < 4.78 is 14.1. The van der Waals surface area contributed by atoms with Gasteiger partial charge < -0.3 is 13.9 Å². The lowest BCUT2D eigenvalue weighted by molar-refractivity contribution is -0.385. The van der Waals surface area contributed by atoms with Gasteiger partial charge in [-0.25, -0.2) is 0 Å². The first kappa shape index (κ1) is 12.7. The lowest BCUT2D eigenvalue weighted by atomic mass is 10.4. The van der Waals surface area contributed by atoms with E-state index in [1.165, 1.54) is 0 Å². The molecule has 8 nitrogen and oxygen atoms in total. The molecular formula is C9H9NO7. The van der Waals surface area contributed by atoms with Crippen LogP contribution in [0.1, 0.15) is 25.9 Å². The van der Waals surface area contributed by atoms with Gasteiger partial charge in [-0.3, -0.25) is 19.7 Å². The number of nitro groups is 1. The van der Waals surface area contributed by atoms with Crippen molar-refractivity contribution in [1.82, 2.24) is 0 Å². The van der Waals surface area contributed by atoms with Crippen LogP contribution in [0.5, 0.6) is 0 Å². The molecule has 0 saturated heterocycles. The molecule has 0 unspecified atom stereocenters. The van der Waals surface area contributed by atoms with Gasteiger partial charge in [0.25, 0.3) is 0 Å². The SMILES string of the molecule is CC(=O)OC(OC(C)=O)c1cc([N+](=O)[O-])co1. The van der Waals surface area contributed by atoms with Gasteiger partial charge in [-0.2, -0.15) is 0 Å². The topological polar surface area (TPSA) is 109 Å². The van der Waals surface area contributed by atoms with Crippen LogP contribution >= 0.6 is 0 Å². The Morgan fingerprint density at radius 3 is 2.24 bits per heavy atom. The number of hydrogen-bond acceptors (Lipinski definition) is 7. The van der Waals surface area contributed by atoms with Gasteiger partial charge in [0.1, 0.15) is 0 Å². The Bertz CT molecular complexity index is 434. The third-order valence-electron chi connectivity index (χ3n) is 1.60. The summed E-state index contributed by atoms with van der Waals surface area (Å²) in [5, 5.41) is 10.4. The van der Waals surface area contributed by atoms with Crippen LogP contribution < -0.4 is 0 Å². The summed E-state index contributed by atoms with van der Waals surface area (Å²) in [6, 6.07) is 1.01. The first-order chi connectivity index (χ1) is 7.90. The summed E-state index contributed by atoms with van der Waals surface area (Å²) in [6.45, 7) is 2.21. The first-order valence-electron chi connectivity index (χ1n) is 4.47. The standard InChI is InChI=1S/C9H9NO7/c1-5(11)16-9(17-6(2)12)8-3-7(4-15-8)10(13)14/h3-4,9H,1-2H3. The minimum absolute atomic E-state index is 0.137. The van der Waals surface area contributed by atoms with E-state index in [0.717, 1.165) is 26.2 Å². The van der Waals surface area contributed by atoms with Crippen molar-refractivity contribution in [2.24, 2.45) is 0 Å². The molecule has 0 radical (unpaired) electrons. The number of nitrogens with zero attached hydrogens (tertiary/aromatic N) is 1. The fraction of sp³-hybridized carbons (Fsp3) is 0.333. The first-order valence-corrected chi connectivity index (χ1v) is 4.47. The predicted octanol–water partition coefficient (Wildman–Crippen LogP) is 1.31. The quantitative estimate of drug-likeness (QED) is 0.339. The maximum atomic E-state index is 10.8. The maximum Gasteiger partial charge on any atom is 0.307 e. The van der Waals surface area contributed by atoms with E-state index in [4.69, 9.17) is 4.42 Å². The molecule has 0 amide bonds. The Labute approximate surface area is 95.3 Å². The highest BCUT2D eigenvalue weighted by molar-refractivity contribution is 5.68. The number of carbonyl (C=O) groups excluding carboxylic acids is 2. The molecule has 0 spiro atoms. The summed E-state index contributed by atoms with van der Waals surface area (Å²) in [5.74, 6) is -1.56. The van der Waals surface area contributed by atoms with Crippen LogP contribution in [0, 0.1) is 10.1 Å². The second kappa shape index (κ2) is 5.10. The molecule has 8 heteroatoms. The van der Waals surface area contributed by atoms with Crippen LogP contribution in [-0.2, 0) is 19.1 Å². The smallest absolute Gasteiger partial charge is 0.307 e. The van der Waals surface area contributed by atoms with E-state index in [9.17, 15) is 19.7 Å². The van der Waals surface area contributed by atoms with Gasteiger partial charge in [-0.1, -0.05) is 0 Å². The Morgan fingerprint density at radius 1 is 1.35 bits per heavy atom. The van der Waals surface area contributed by atoms with E-state index in [0.29, 0.717) is 0 Å². The molecule has 0 aliphatic heterocycles. The maximum absolute atomic E-state index is 10.8. The molecule has 1 heterocycles. The highest BCUT2D eigenvalue weighted by atomic mass is 16.7. The molecule has 92 valence electrons. The summed E-state index contributed by atoms with van der Waals surface area (Å²) in [5.41, 5.74) is -0.329. The fourth-order valence-corrected chi connectivity index (χ4v) is 1.00. The van der Waals surface area contributed by atoms with Crippen LogP contribution in [0.4, 0.5) is 5.69 Å². The second-order valence-corrected chi connectivity index (χ2v) is 3.02. The van der Waals surface area contributed by atoms with Gasteiger partial charge in [0.05, 0.1) is 11.0 Å². The molecule has 0 saturated carbocycles. The van der Waals surface area contributed by atoms with Crippen LogP contribution in [0.2, 0.25) is 0 Å². The molecule has 0 fully saturated rings. The molecule has 1 aromatic rings. The highest BCUT2D eigenvalue weighted by Gasteiger charge is 2.24. The van der Waals surface area contributed by atoms with Gasteiger partial charge >= 0.3 is 23.9 Å². The van der Waals surface area contributed by atoms with E-state index in [-0.39, 0.29) is 11.4 Å². The summed E-state index contributed by atoms with van der Waals surface area (Å²) in [4.78, 5) is 31.2. The fourth-order valence-electron chi connectivity index (χ4n) is 1.00. The van der Waals surface area contributed by atoms with Crippen molar-refractivity contribution in [3.05, 3.63) is 28.2 Å². The van der Waals surface area contributed by atoms with E-state index in [1.807, 2.05) is 0 Å². The molecule has 0 bridgehead atoms. The Hall–Kier alpha value is -2.38. The van der Waals surface area contributed by atoms with Crippen LogP contribution in [0.3, 0.4) is 0 Å². The van der Waals surface area contributed by atoms with E-state index >= 15 is 0 Å². The molecule has 1 rings (SSSR count). The summed E-state index contributed by atoms with van der Waals surface area (Å²) >= 11 is 0. The average Bonchev–Trinajstić information content (AvgIpc) is 2.63. The molecule has 0 aromatic carbocycles. The van der Waals surface area contributed by atoms with Gasteiger partial charge in [0.2, 0.25) is 0 Å². The minimum Gasteiger partial charge on any atom is -0.454 e. The zero-order valence-corrected chi connectivity index (χ0v) is 9.04. The second-order valence-electron chi connectivity index (χ2n) is 3.02. The van der Waals surface area contributed by atoms with E-state index < -0.39 is 23.2 Å². The van der Waals surface area contributed by atoms with Crippen molar-refractivity contribution in [1.29, 1.82) is 0 Å². The lowest BCUT2D eigenvalue weighted by Crippen LogP contribution is -2.14. The highest BCUT2D eigenvalue weighted by Crippen LogP contribution is 2.25. The van der Waals surface area contributed by atoms with Crippen LogP contribution in [0.15, 0.2) is 16.7 Å². The third kappa shape index (κ3) is 3.59. The number of carbonyl (C=O) groups is 2. The number of hydrogen-bond donors (Lipinski definition) is 0. The van der Waals surface area contributed by atoms with E-state index in [2.05, 4.69) is 9.47 Å². The number of furan rings is 1. The van der Waals surface area contributed by atoms with Crippen molar-refractivity contribution >= 4 is 17.6 Å². The van der Waals surface area contributed by atoms with Crippen LogP contribution in [-0.4, -0.2) is 16.9 Å². The molecule has 0 atom stereocenters. The Balaban J connectivity index is 2.90. The summed E-state index contributed by atoms with van der Waals surface area (Å²) in [6.07, 6.45) is -0.561. The molecule has 17 heavy (non-hydrogen) atoms. The van der Waals surface area contributed by atoms with Gasteiger partial charge in [0.15, 0.2) is 12.0 Å². The minimum atomic E-state index is -1.42. The number of ether oxygens (including phenoxy) is 2. The van der Waals surface area contributed by atoms with Crippen molar-refractivity contribution < 1.29 is 28.4 Å². The Morgan fingerprint density at radius 2 is 1.88 bits per heavy atom. The predicted molar refractivity (Wildman–Crippen MR) is 51.6 cm³/mol. The molecule has 0 aliphatic rings. The lowest BCUT2D eigenvalue weighted by Gasteiger charge is -2.13. The Kier molecular flexibility index (Phi) is 3.81. The van der Waals surface area contributed by atoms with Gasteiger partial charge in [0, 0.05) is 13.8 Å². The van der Waals surface area contributed by atoms with Crippen molar-refractivity contribution in [2.45, 2.75) is 20.1 Å². The normalized spacial score (nSPS) is 10.1. The monoisotopic (exact) mass is 243 g/mol. The zero-order valence-electron chi connectivity index (χ0n) is 9.04. The molecule has 0 N–H and O–H groups in total. The summed E-state index contributed by atoms with van der Waals surface area (Å²) in [7, 11) is 0. The number of rotatable bonds is 4. The number of esters is 2. The average molecular weight is 243 g/mol. The zero-order chi connectivity index (χ0) is 13.0. The van der Waals surface area contributed by atoms with E-state index in [1.54, 1.807) is 0 Å². The largest absolute Gasteiger partial charge is 0.454 e.